The van der Waals surface area contributed by atoms with Crippen LogP contribution in [-0.4, -0.2) is 37.9 Å². The van der Waals surface area contributed by atoms with Gasteiger partial charge in [-0.05, 0) is 30.2 Å². The van der Waals surface area contributed by atoms with Crippen molar-refractivity contribution in [3.05, 3.63) is 40.4 Å². The monoisotopic (exact) mass is 281 g/mol. The Morgan fingerprint density at radius 1 is 1.53 bits per heavy atom. The number of benzene rings is 1. The second-order valence-corrected chi connectivity index (χ2v) is 4.87. The van der Waals surface area contributed by atoms with Gasteiger partial charge in [-0.25, -0.2) is 4.79 Å². The number of halogens is 1. The number of rotatable bonds is 4. The third kappa shape index (κ3) is 3.28. The van der Waals surface area contributed by atoms with Gasteiger partial charge in [-0.3, -0.25) is 0 Å². The van der Waals surface area contributed by atoms with E-state index in [1.807, 2.05) is 0 Å². The fourth-order valence-electron chi connectivity index (χ4n) is 2.14. The van der Waals surface area contributed by atoms with Gasteiger partial charge >= 0.3 is 5.97 Å². The molecular weight excluding hydrogens is 266 g/mol. The first-order chi connectivity index (χ1) is 9.11. The summed E-state index contributed by atoms with van der Waals surface area (Å²) < 4.78 is 5.11. The lowest BCUT2D eigenvalue weighted by Gasteiger charge is -2.29. The highest BCUT2D eigenvalue weighted by Gasteiger charge is 2.16. The molecule has 0 aliphatic carbocycles. The van der Waals surface area contributed by atoms with Crippen LogP contribution in [0.2, 0.25) is 5.02 Å². The molecular formula is C14H16ClNO3. The van der Waals surface area contributed by atoms with Gasteiger partial charge in [0, 0.05) is 20.2 Å². The van der Waals surface area contributed by atoms with Gasteiger partial charge in [0.2, 0.25) is 0 Å². The molecule has 0 fully saturated rings. The van der Waals surface area contributed by atoms with Crippen molar-refractivity contribution in [1.82, 2.24) is 0 Å². The molecule has 4 nitrogen and oxygen atoms in total. The number of hydrogen-bond acceptors (Lipinski definition) is 3. The summed E-state index contributed by atoms with van der Waals surface area (Å²) >= 11 is 6.15. The van der Waals surface area contributed by atoms with Crippen molar-refractivity contribution < 1.29 is 14.6 Å². The Morgan fingerprint density at radius 2 is 2.32 bits per heavy atom. The van der Waals surface area contributed by atoms with Crippen LogP contribution in [-0.2, 0) is 4.74 Å². The van der Waals surface area contributed by atoms with E-state index in [2.05, 4.69) is 11.0 Å². The largest absolute Gasteiger partial charge is 0.478 e. The molecule has 0 unspecified atom stereocenters. The first-order valence-electron chi connectivity index (χ1n) is 6.06. The van der Waals surface area contributed by atoms with Crippen molar-refractivity contribution >= 4 is 23.3 Å². The molecule has 2 rings (SSSR count). The van der Waals surface area contributed by atoms with Gasteiger partial charge < -0.3 is 14.7 Å². The highest BCUT2D eigenvalue weighted by atomic mass is 35.5. The quantitative estimate of drug-likeness (QED) is 0.862. The van der Waals surface area contributed by atoms with Gasteiger partial charge in [-0.1, -0.05) is 17.7 Å². The highest BCUT2D eigenvalue weighted by Crippen LogP contribution is 2.29. The molecule has 0 saturated heterocycles. The predicted octanol–water partition coefficient (Wildman–Crippen LogP) is 2.82. The number of carboxylic acid groups (broad SMARTS) is 1. The highest BCUT2D eigenvalue weighted by molar-refractivity contribution is 6.33. The average molecular weight is 282 g/mol. The Hall–Kier alpha value is -1.52. The maximum atomic E-state index is 10.9. The maximum Gasteiger partial charge on any atom is 0.335 e. The summed E-state index contributed by atoms with van der Waals surface area (Å²) in [4.78, 5) is 13.0. The first-order valence-corrected chi connectivity index (χ1v) is 6.44. The van der Waals surface area contributed by atoms with Crippen LogP contribution in [0, 0.1) is 0 Å². The van der Waals surface area contributed by atoms with Crippen LogP contribution < -0.4 is 4.90 Å². The van der Waals surface area contributed by atoms with Crippen molar-refractivity contribution in [3.63, 3.8) is 0 Å². The number of aromatic carboxylic acids is 1. The second kappa shape index (κ2) is 6.08. The van der Waals surface area contributed by atoms with E-state index in [-0.39, 0.29) is 5.56 Å². The summed E-state index contributed by atoms with van der Waals surface area (Å²) in [5.74, 6) is -0.964. The van der Waals surface area contributed by atoms with E-state index >= 15 is 0 Å². The molecule has 19 heavy (non-hydrogen) atoms. The number of nitrogens with zero attached hydrogens (tertiary/aromatic N) is 1. The Kier molecular flexibility index (Phi) is 4.45. The molecule has 1 N–H and O–H groups in total. The van der Waals surface area contributed by atoms with Crippen molar-refractivity contribution in [2.75, 3.05) is 31.7 Å². The van der Waals surface area contributed by atoms with Gasteiger partial charge in [0.15, 0.2) is 0 Å². The zero-order valence-electron chi connectivity index (χ0n) is 10.7. The number of hydrogen-bond donors (Lipinski definition) is 1. The number of carboxylic acids is 1. The van der Waals surface area contributed by atoms with E-state index in [1.54, 1.807) is 19.2 Å². The van der Waals surface area contributed by atoms with Crippen LogP contribution in [0.15, 0.2) is 29.8 Å². The second-order valence-electron chi connectivity index (χ2n) is 4.46. The Bertz CT molecular complexity index is 513. The van der Waals surface area contributed by atoms with E-state index in [4.69, 9.17) is 21.4 Å². The van der Waals surface area contributed by atoms with Gasteiger partial charge in [-0.2, -0.15) is 0 Å². The molecule has 1 aliphatic heterocycles. The molecule has 0 radical (unpaired) electrons. The number of carbonyl (C=O) groups is 1. The van der Waals surface area contributed by atoms with Crippen LogP contribution in [0.4, 0.5) is 5.69 Å². The average Bonchev–Trinajstić information content (AvgIpc) is 2.40. The normalized spacial score (nSPS) is 15.3. The van der Waals surface area contributed by atoms with E-state index in [0.717, 1.165) is 25.2 Å². The van der Waals surface area contributed by atoms with Crippen molar-refractivity contribution in [2.45, 2.75) is 6.42 Å². The standard InChI is InChI=1S/C14H16ClNO3/c1-19-9-10-4-6-16(7-5-10)13-3-2-11(14(17)18)8-12(13)15/h2-4,8H,5-7,9H2,1H3,(H,17,18). The minimum Gasteiger partial charge on any atom is -0.478 e. The Labute approximate surface area is 117 Å². The lowest BCUT2D eigenvalue weighted by Crippen LogP contribution is -2.29. The SMILES string of the molecule is COCC1=CCN(c2ccc(C(=O)O)cc2Cl)CC1. The van der Waals surface area contributed by atoms with Crippen molar-refractivity contribution in [3.8, 4) is 0 Å². The third-order valence-corrected chi connectivity index (χ3v) is 3.47. The molecule has 0 aromatic heterocycles. The molecule has 1 aromatic carbocycles. The third-order valence-electron chi connectivity index (χ3n) is 3.17. The number of anilines is 1. The van der Waals surface area contributed by atoms with E-state index in [9.17, 15) is 4.79 Å². The molecule has 0 atom stereocenters. The lowest BCUT2D eigenvalue weighted by atomic mass is 10.1. The molecule has 0 spiro atoms. The zero-order chi connectivity index (χ0) is 13.8. The molecule has 1 aliphatic rings. The minimum absolute atomic E-state index is 0.210. The lowest BCUT2D eigenvalue weighted by molar-refractivity contribution is 0.0697. The van der Waals surface area contributed by atoms with E-state index < -0.39 is 5.97 Å². The van der Waals surface area contributed by atoms with Crippen LogP contribution in [0.5, 0.6) is 0 Å². The molecule has 102 valence electrons. The molecule has 0 bridgehead atoms. The van der Waals surface area contributed by atoms with Crippen molar-refractivity contribution in [1.29, 1.82) is 0 Å². The van der Waals surface area contributed by atoms with E-state index in [0.29, 0.717) is 11.6 Å². The number of methoxy groups -OCH3 is 1. The van der Waals surface area contributed by atoms with Crippen LogP contribution in [0.1, 0.15) is 16.8 Å². The van der Waals surface area contributed by atoms with E-state index in [1.165, 1.54) is 11.6 Å². The number of ether oxygens (including phenoxy) is 1. The maximum absolute atomic E-state index is 10.9. The van der Waals surface area contributed by atoms with Crippen LogP contribution >= 0.6 is 11.6 Å². The first kappa shape index (κ1) is 13.9. The molecule has 0 saturated carbocycles. The van der Waals surface area contributed by atoms with Gasteiger partial charge in [0.1, 0.15) is 0 Å². The summed E-state index contributed by atoms with van der Waals surface area (Å²) in [6, 6.07) is 4.84. The van der Waals surface area contributed by atoms with Crippen LogP contribution in [0.3, 0.4) is 0 Å². The minimum atomic E-state index is -0.964. The smallest absolute Gasteiger partial charge is 0.335 e. The molecule has 0 amide bonds. The summed E-state index contributed by atoms with van der Waals surface area (Å²) in [5.41, 5.74) is 2.37. The molecule has 1 aromatic rings. The zero-order valence-corrected chi connectivity index (χ0v) is 11.5. The molecule has 5 heteroatoms. The van der Waals surface area contributed by atoms with Gasteiger partial charge in [-0.15, -0.1) is 0 Å². The molecule has 1 heterocycles. The summed E-state index contributed by atoms with van der Waals surface area (Å²) in [6.07, 6.45) is 3.07. The predicted molar refractivity (Wildman–Crippen MR) is 75.2 cm³/mol. The topological polar surface area (TPSA) is 49.8 Å². The van der Waals surface area contributed by atoms with Crippen LogP contribution in [0.25, 0.3) is 0 Å². The Morgan fingerprint density at radius 3 is 2.84 bits per heavy atom. The van der Waals surface area contributed by atoms with Crippen molar-refractivity contribution in [2.24, 2.45) is 0 Å². The van der Waals surface area contributed by atoms with Gasteiger partial charge in [0.25, 0.3) is 0 Å². The summed E-state index contributed by atoms with van der Waals surface area (Å²) in [7, 11) is 1.69. The fourth-order valence-corrected chi connectivity index (χ4v) is 2.44. The fraction of sp³-hybridized carbons (Fsp3) is 0.357. The summed E-state index contributed by atoms with van der Waals surface area (Å²) in [5, 5.41) is 9.38. The Balaban J connectivity index is 2.14. The van der Waals surface area contributed by atoms with Gasteiger partial charge in [0.05, 0.1) is 22.9 Å². The summed E-state index contributed by atoms with van der Waals surface area (Å²) in [6.45, 7) is 2.30.